The number of nitrogens with zero attached hydrogens (tertiary/aromatic N) is 4. The van der Waals surface area contributed by atoms with E-state index in [1.807, 2.05) is 14.0 Å². The number of hydrogen-bond acceptors (Lipinski definition) is 4. The summed E-state index contributed by atoms with van der Waals surface area (Å²) in [5.74, 6) is 0.842. The molecule has 1 aromatic heterocycles. The highest BCUT2D eigenvalue weighted by Crippen LogP contribution is 2.17. The number of nitrogens with one attached hydrogen (secondary N) is 1. The molecular weight excluding hydrogens is 238 g/mol. The fourth-order valence-corrected chi connectivity index (χ4v) is 2.69. The van der Waals surface area contributed by atoms with E-state index in [-0.39, 0.29) is 0 Å². The Morgan fingerprint density at radius 3 is 2.58 bits per heavy atom. The van der Waals surface area contributed by atoms with Gasteiger partial charge in [-0.25, -0.2) is 0 Å². The maximum atomic E-state index is 9.14. The lowest BCUT2D eigenvalue weighted by Gasteiger charge is -2.20. The van der Waals surface area contributed by atoms with Crippen LogP contribution in [0.4, 0.5) is 5.82 Å². The summed E-state index contributed by atoms with van der Waals surface area (Å²) in [5.41, 5.74) is 1.46. The zero-order valence-corrected chi connectivity index (χ0v) is 11.9. The molecule has 1 aliphatic heterocycles. The van der Waals surface area contributed by atoms with E-state index < -0.39 is 0 Å². The van der Waals surface area contributed by atoms with Gasteiger partial charge in [0.2, 0.25) is 0 Å². The quantitative estimate of drug-likeness (QED) is 0.899. The number of aromatic nitrogens is 2. The second-order valence-electron chi connectivity index (χ2n) is 5.23. The Bertz CT molecular complexity index is 449. The molecule has 0 bridgehead atoms. The van der Waals surface area contributed by atoms with Crippen molar-refractivity contribution in [2.75, 3.05) is 31.5 Å². The molecular formula is C14H23N5. The van der Waals surface area contributed by atoms with Crippen molar-refractivity contribution in [2.45, 2.75) is 32.6 Å². The molecule has 5 nitrogen and oxygen atoms in total. The first-order chi connectivity index (χ1) is 9.22. The van der Waals surface area contributed by atoms with Crippen LogP contribution in [0, 0.1) is 18.3 Å². The van der Waals surface area contributed by atoms with E-state index in [9.17, 15) is 0 Å². The van der Waals surface area contributed by atoms with Gasteiger partial charge in [-0.15, -0.1) is 0 Å². The molecule has 0 aromatic carbocycles. The summed E-state index contributed by atoms with van der Waals surface area (Å²) >= 11 is 0. The highest BCUT2D eigenvalue weighted by Gasteiger charge is 2.13. The Kier molecular flexibility index (Phi) is 4.80. The molecule has 1 aliphatic rings. The topological polar surface area (TPSA) is 56.9 Å². The molecule has 0 atom stereocenters. The third kappa shape index (κ3) is 3.48. The minimum atomic E-state index is 0.665. The molecule has 0 aliphatic carbocycles. The van der Waals surface area contributed by atoms with E-state index in [2.05, 4.69) is 21.4 Å². The van der Waals surface area contributed by atoms with Gasteiger partial charge in [0.05, 0.1) is 5.69 Å². The third-order valence-corrected chi connectivity index (χ3v) is 3.75. The molecule has 2 heterocycles. The van der Waals surface area contributed by atoms with Crippen LogP contribution >= 0.6 is 0 Å². The summed E-state index contributed by atoms with van der Waals surface area (Å²) in [6.07, 6.45) is 5.36. The molecule has 1 fully saturated rings. The van der Waals surface area contributed by atoms with Crippen LogP contribution in [-0.2, 0) is 7.05 Å². The Morgan fingerprint density at radius 2 is 1.95 bits per heavy atom. The molecule has 2 rings (SSSR count). The van der Waals surface area contributed by atoms with E-state index >= 15 is 0 Å². The molecule has 0 spiro atoms. The standard InChI is InChI=1S/C14H23N5/c1-12-13(11-15)14(18(2)17-12)16-7-10-19-8-5-3-4-6-9-19/h16H,3-10H2,1-2H3. The minimum absolute atomic E-state index is 0.665. The smallest absolute Gasteiger partial charge is 0.142 e. The highest BCUT2D eigenvalue weighted by molar-refractivity contribution is 5.54. The van der Waals surface area contributed by atoms with Crippen LogP contribution in [0.25, 0.3) is 0 Å². The zero-order valence-electron chi connectivity index (χ0n) is 11.9. The van der Waals surface area contributed by atoms with Crippen molar-refractivity contribution >= 4 is 5.82 Å². The molecule has 1 saturated heterocycles. The van der Waals surface area contributed by atoms with Crippen molar-refractivity contribution in [3.63, 3.8) is 0 Å². The van der Waals surface area contributed by atoms with Gasteiger partial charge in [-0.1, -0.05) is 12.8 Å². The van der Waals surface area contributed by atoms with Crippen LogP contribution in [0.5, 0.6) is 0 Å². The first-order valence-corrected chi connectivity index (χ1v) is 7.12. The van der Waals surface area contributed by atoms with Gasteiger partial charge >= 0.3 is 0 Å². The average Bonchev–Trinajstić information content (AvgIpc) is 2.60. The van der Waals surface area contributed by atoms with Gasteiger partial charge in [0.15, 0.2) is 0 Å². The van der Waals surface area contributed by atoms with Crippen LogP contribution in [0.3, 0.4) is 0 Å². The maximum Gasteiger partial charge on any atom is 0.142 e. The number of rotatable bonds is 4. The molecule has 5 heteroatoms. The molecule has 0 radical (unpaired) electrons. The lowest BCUT2D eigenvalue weighted by atomic mass is 10.2. The Labute approximate surface area is 115 Å². The summed E-state index contributed by atoms with van der Waals surface area (Å²) in [6, 6.07) is 2.22. The van der Waals surface area contributed by atoms with Gasteiger partial charge in [0.25, 0.3) is 0 Å². The van der Waals surface area contributed by atoms with Crippen LogP contribution in [0.15, 0.2) is 0 Å². The molecule has 19 heavy (non-hydrogen) atoms. The summed E-state index contributed by atoms with van der Waals surface area (Å²) in [4.78, 5) is 2.51. The lowest BCUT2D eigenvalue weighted by Crippen LogP contribution is -2.30. The second kappa shape index (κ2) is 6.58. The van der Waals surface area contributed by atoms with Gasteiger partial charge in [-0.05, 0) is 32.9 Å². The summed E-state index contributed by atoms with van der Waals surface area (Å²) < 4.78 is 1.76. The first-order valence-electron chi connectivity index (χ1n) is 7.12. The van der Waals surface area contributed by atoms with Gasteiger partial charge in [-0.3, -0.25) is 4.68 Å². The normalized spacial score (nSPS) is 16.9. The molecule has 0 saturated carbocycles. The van der Waals surface area contributed by atoms with E-state index in [0.29, 0.717) is 5.56 Å². The molecule has 0 unspecified atom stereocenters. The molecule has 1 aromatic rings. The van der Waals surface area contributed by atoms with E-state index in [0.717, 1.165) is 24.6 Å². The number of aryl methyl sites for hydroxylation is 2. The average molecular weight is 261 g/mol. The van der Waals surface area contributed by atoms with Crippen molar-refractivity contribution in [1.29, 1.82) is 5.26 Å². The number of nitriles is 1. The van der Waals surface area contributed by atoms with Crippen LogP contribution < -0.4 is 5.32 Å². The Morgan fingerprint density at radius 1 is 1.26 bits per heavy atom. The van der Waals surface area contributed by atoms with E-state index in [4.69, 9.17) is 5.26 Å². The van der Waals surface area contributed by atoms with Gasteiger partial charge < -0.3 is 10.2 Å². The minimum Gasteiger partial charge on any atom is -0.368 e. The summed E-state index contributed by atoms with van der Waals surface area (Å²) in [5, 5.41) is 16.8. The van der Waals surface area contributed by atoms with Crippen molar-refractivity contribution in [3.8, 4) is 6.07 Å². The maximum absolute atomic E-state index is 9.14. The van der Waals surface area contributed by atoms with Crippen molar-refractivity contribution in [1.82, 2.24) is 14.7 Å². The van der Waals surface area contributed by atoms with Crippen molar-refractivity contribution in [3.05, 3.63) is 11.3 Å². The van der Waals surface area contributed by atoms with Crippen LogP contribution in [-0.4, -0.2) is 40.9 Å². The fourth-order valence-electron chi connectivity index (χ4n) is 2.69. The first kappa shape index (κ1) is 13.9. The van der Waals surface area contributed by atoms with Gasteiger partial charge in [0.1, 0.15) is 17.5 Å². The predicted molar refractivity (Wildman–Crippen MR) is 76.1 cm³/mol. The third-order valence-electron chi connectivity index (χ3n) is 3.75. The summed E-state index contributed by atoms with van der Waals surface area (Å²) in [7, 11) is 1.88. The van der Waals surface area contributed by atoms with Crippen LogP contribution in [0.1, 0.15) is 36.9 Å². The van der Waals surface area contributed by atoms with E-state index in [1.54, 1.807) is 4.68 Å². The Balaban J connectivity index is 1.87. The van der Waals surface area contributed by atoms with E-state index in [1.165, 1.54) is 38.8 Å². The number of hydrogen-bond donors (Lipinski definition) is 1. The highest BCUT2D eigenvalue weighted by atomic mass is 15.3. The van der Waals surface area contributed by atoms with Crippen molar-refractivity contribution in [2.24, 2.45) is 7.05 Å². The molecule has 104 valence electrons. The molecule has 0 amide bonds. The van der Waals surface area contributed by atoms with Crippen molar-refractivity contribution < 1.29 is 0 Å². The van der Waals surface area contributed by atoms with Gasteiger partial charge in [0, 0.05) is 20.1 Å². The predicted octanol–water partition coefficient (Wildman–Crippen LogP) is 1.89. The number of likely N-dealkylation sites (tertiary alicyclic amines) is 1. The monoisotopic (exact) mass is 261 g/mol. The van der Waals surface area contributed by atoms with Crippen LogP contribution in [0.2, 0.25) is 0 Å². The summed E-state index contributed by atoms with van der Waals surface area (Å²) in [6.45, 7) is 6.19. The number of anilines is 1. The Hall–Kier alpha value is -1.54. The SMILES string of the molecule is Cc1nn(C)c(NCCN2CCCCCC2)c1C#N. The lowest BCUT2D eigenvalue weighted by molar-refractivity contribution is 0.296. The largest absolute Gasteiger partial charge is 0.368 e. The zero-order chi connectivity index (χ0) is 13.7. The second-order valence-corrected chi connectivity index (χ2v) is 5.23. The molecule has 1 N–H and O–H groups in total. The van der Waals surface area contributed by atoms with Gasteiger partial charge in [-0.2, -0.15) is 10.4 Å². The fraction of sp³-hybridized carbons (Fsp3) is 0.714.